The molecule has 2 fully saturated rings. The summed E-state index contributed by atoms with van der Waals surface area (Å²) in [5.41, 5.74) is 0.0613. The number of imide groups is 1. The van der Waals surface area contributed by atoms with Gasteiger partial charge in [-0.15, -0.1) is 0 Å². The number of carbonyl (C=O) groups is 2. The third-order valence-corrected chi connectivity index (χ3v) is 3.61. The van der Waals surface area contributed by atoms with Crippen LogP contribution in [0.1, 0.15) is 39.0 Å². The largest absolute Gasteiger partial charge is 0.300 e. The summed E-state index contributed by atoms with van der Waals surface area (Å²) in [5.74, 6) is -0.146. The van der Waals surface area contributed by atoms with Crippen LogP contribution in [0.2, 0.25) is 0 Å². The molecular formula is C11H18N2O2. The second-order valence-electron chi connectivity index (χ2n) is 4.96. The Labute approximate surface area is 90.0 Å². The Kier molecular flexibility index (Phi) is 2.54. The summed E-state index contributed by atoms with van der Waals surface area (Å²) in [7, 11) is 1.56. The first kappa shape index (κ1) is 10.6. The minimum absolute atomic E-state index is 0.0613. The molecule has 1 aliphatic carbocycles. The lowest BCUT2D eigenvalue weighted by molar-refractivity contribution is -0.137. The predicted octanol–water partition coefficient (Wildman–Crippen LogP) is 0.666. The standard InChI is InChI=1S/C11H18N2O2/c1-11(5-3-4-6-11)12-8-7-9(14)13(2)10(8)15/h8,12H,3-7H2,1-2H3. The minimum atomic E-state index is -0.286. The molecule has 1 atom stereocenters. The van der Waals surface area contributed by atoms with E-state index in [1.54, 1.807) is 7.05 Å². The number of hydrogen-bond donors (Lipinski definition) is 1. The van der Waals surface area contributed by atoms with Gasteiger partial charge in [-0.3, -0.25) is 14.5 Å². The van der Waals surface area contributed by atoms with Gasteiger partial charge in [-0.25, -0.2) is 0 Å². The highest BCUT2D eigenvalue weighted by molar-refractivity contribution is 6.05. The maximum absolute atomic E-state index is 11.7. The van der Waals surface area contributed by atoms with Gasteiger partial charge in [0.05, 0.1) is 12.5 Å². The number of likely N-dealkylation sites (tertiary alicyclic amines) is 1. The van der Waals surface area contributed by atoms with E-state index in [1.807, 2.05) is 0 Å². The van der Waals surface area contributed by atoms with E-state index >= 15 is 0 Å². The van der Waals surface area contributed by atoms with Gasteiger partial charge in [-0.1, -0.05) is 12.8 Å². The molecule has 15 heavy (non-hydrogen) atoms. The number of rotatable bonds is 2. The van der Waals surface area contributed by atoms with Crippen molar-refractivity contribution < 1.29 is 9.59 Å². The third kappa shape index (κ3) is 1.91. The second kappa shape index (κ2) is 3.59. The maximum atomic E-state index is 11.7. The first-order valence-electron chi connectivity index (χ1n) is 5.60. The van der Waals surface area contributed by atoms with E-state index in [0.29, 0.717) is 6.42 Å². The number of carbonyl (C=O) groups excluding carboxylic acids is 2. The molecule has 0 spiro atoms. The number of nitrogens with zero attached hydrogens (tertiary/aromatic N) is 1. The van der Waals surface area contributed by atoms with Crippen LogP contribution in [0.4, 0.5) is 0 Å². The first-order chi connectivity index (χ1) is 7.02. The zero-order valence-electron chi connectivity index (χ0n) is 9.38. The summed E-state index contributed by atoms with van der Waals surface area (Å²) in [6, 6.07) is -0.286. The van der Waals surface area contributed by atoms with Crippen LogP contribution in [-0.4, -0.2) is 35.3 Å². The van der Waals surface area contributed by atoms with Crippen LogP contribution in [0.3, 0.4) is 0 Å². The molecule has 2 rings (SSSR count). The molecule has 84 valence electrons. The summed E-state index contributed by atoms with van der Waals surface area (Å²) in [4.78, 5) is 24.3. The SMILES string of the molecule is CN1C(=O)CC(NC2(C)CCCC2)C1=O. The van der Waals surface area contributed by atoms with Gasteiger partial charge in [-0.2, -0.15) is 0 Å². The van der Waals surface area contributed by atoms with Gasteiger partial charge in [0.15, 0.2) is 0 Å². The average molecular weight is 210 g/mol. The number of likely N-dealkylation sites (N-methyl/N-ethyl adjacent to an activating group) is 1. The highest BCUT2D eigenvalue weighted by Gasteiger charge is 2.40. The summed E-state index contributed by atoms with van der Waals surface area (Å²) >= 11 is 0. The van der Waals surface area contributed by atoms with Crippen molar-refractivity contribution >= 4 is 11.8 Å². The molecule has 2 amide bonds. The molecule has 0 aromatic rings. The molecule has 1 saturated heterocycles. The van der Waals surface area contributed by atoms with Crippen molar-refractivity contribution in [2.24, 2.45) is 0 Å². The molecule has 1 N–H and O–H groups in total. The Balaban J connectivity index is 2.01. The minimum Gasteiger partial charge on any atom is -0.300 e. The predicted molar refractivity (Wildman–Crippen MR) is 56.2 cm³/mol. The van der Waals surface area contributed by atoms with Crippen molar-refractivity contribution in [1.29, 1.82) is 0 Å². The van der Waals surface area contributed by atoms with E-state index in [-0.39, 0.29) is 23.4 Å². The van der Waals surface area contributed by atoms with Gasteiger partial charge in [0.1, 0.15) is 0 Å². The lowest BCUT2D eigenvalue weighted by Gasteiger charge is -2.28. The van der Waals surface area contributed by atoms with E-state index in [0.717, 1.165) is 12.8 Å². The average Bonchev–Trinajstić information content (AvgIpc) is 2.69. The zero-order chi connectivity index (χ0) is 11.1. The van der Waals surface area contributed by atoms with Crippen LogP contribution < -0.4 is 5.32 Å². The van der Waals surface area contributed by atoms with E-state index in [4.69, 9.17) is 0 Å². The van der Waals surface area contributed by atoms with Crippen molar-refractivity contribution in [3.8, 4) is 0 Å². The van der Waals surface area contributed by atoms with Crippen molar-refractivity contribution in [1.82, 2.24) is 10.2 Å². The number of amides is 2. The Hall–Kier alpha value is -0.900. The molecule has 1 heterocycles. The zero-order valence-corrected chi connectivity index (χ0v) is 9.38. The van der Waals surface area contributed by atoms with Crippen LogP contribution in [0.5, 0.6) is 0 Å². The molecule has 0 bridgehead atoms. The monoisotopic (exact) mass is 210 g/mol. The van der Waals surface area contributed by atoms with E-state index < -0.39 is 0 Å². The Morgan fingerprint density at radius 1 is 1.33 bits per heavy atom. The van der Waals surface area contributed by atoms with Crippen LogP contribution in [0, 0.1) is 0 Å². The van der Waals surface area contributed by atoms with E-state index in [2.05, 4.69) is 12.2 Å². The molecule has 4 heteroatoms. The molecule has 1 saturated carbocycles. The normalized spacial score (nSPS) is 30.3. The van der Waals surface area contributed by atoms with Crippen molar-refractivity contribution in [3.63, 3.8) is 0 Å². The van der Waals surface area contributed by atoms with Gasteiger partial charge >= 0.3 is 0 Å². The molecule has 0 aromatic carbocycles. The van der Waals surface area contributed by atoms with Crippen LogP contribution in [0.15, 0.2) is 0 Å². The summed E-state index contributed by atoms with van der Waals surface area (Å²) in [5, 5.41) is 3.35. The van der Waals surface area contributed by atoms with Crippen molar-refractivity contribution in [3.05, 3.63) is 0 Å². The smallest absolute Gasteiger partial charge is 0.246 e. The molecule has 2 aliphatic rings. The van der Waals surface area contributed by atoms with Crippen molar-refractivity contribution in [2.75, 3.05) is 7.05 Å². The van der Waals surface area contributed by atoms with E-state index in [9.17, 15) is 9.59 Å². The first-order valence-corrected chi connectivity index (χ1v) is 5.60. The van der Waals surface area contributed by atoms with Crippen molar-refractivity contribution in [2.45, 2.75) is 50.6 Å². The maximum Gasteiger partial charge on any atom is 0.246 e. The fourth-order valence-electron chi connectivity index (χ4n) is 2.59. The fraction of sp³-hybridized carbons (Fsp3) is 0.818. The summed E-state index contributed by atoms with van der Waals surface area (Å²) in [6.45, 7) is 2.15. The number of nitrogens with one attached hydrogen (secondary N) is 1. The Bertz CT molecular complexity index is 295. The third-order valence-electron chi connectivity index (χ3n) is 3.61. The lowest BCUT2D eigenvalue weighted by Crippen LogP contribution is -2.49. The van der Waals surface area contributed by atoms with Crippen LogP contribution in [0.25, 0.3) is 0 Å². The Morgan fingerprint density at radius 2 is 1.93 bits per heavy atom. The van der Waals surface area contributed by atoms with Crippen LogP contribution in [-0.2, 0) is 9.59 Å². The van der Waals surface area contributed by atoms with Gasteiger partial charge < -0.3 is 5.32 Å². The molecule has 4 nitrogen and oxygen atoms in total. The molecular weight excluding hydrogens is 192 g/mol. The van der Waals surface area contributed by atoms with E-state index in [1.165, 1.54) is 17.7 Å². The fourth-order valence-corrected chi connectivity index (χ4v) is 2.59. The molecule has 1 unspecified atom stereocenters. The molecule has 1 aliphatic heterocycles. The van der Waals surface area contributed by atoms with Gasteiger partial charge in [0.2, 0.25) is 11.8 Å². The summed E-state index contributed by atoms with van der Waals surface area (Å²) in [6.07, 6.45) is 4.97. The highest BCUT2D eigenvalue weighted by atomic mass is 16.2. The highest BCUT2D eigenvalue weighted by Crippen LogP contribution is 2.30. The Morgan fingerprint density at radius 3 is 2.40 bits per heavy atom. The lowest BCUT2D eigenvalue weighted by atomic mass is 9.99. The quantitative estimate of drug-likeness (QED) is 0.681. The van der Waals surface area contributed by atoms with Gasteiger partial charge in [0.25, 0.3) is 0 Å². The van der Waals surface area contributed by atoms with Crippen LogP contribution >= 0.6 is 0 Å². The number of hydrogen-bond acceptors (Lipinski definition) is 3. The topological polar surface area (TPSA) is 49.4 Å². The molecule has 0 aromatic heterocycles. The van der Waals surface area contributed by atoms with Gasteiger partial charge in [0, 0.05) is 12.6 Å². The van der Waals surface area contributed by atoms with Gasteiger partial charge in [-0.05, 0) is 19.8 Å². The second-order valence-corrected chi connectivity index (χ2v) is 4.96. The molecule has 0 radical (unpaired) electrons. The summed E-state index contributed by atoms with van der Waals surface area (Å²) < 4.78 is 0.